The highest BCUT2D eigenvalue weighted by Gasteiger charge is 2.17. The van der Waals surface area contributed by atoms with Crippen molar-refractivity contribution in [3.05, 3.63) is 29.8 Å². The Hall–Kier alpha value is -1.53. The lowest BCUT2D eigenvalue weighted by atomic mass is 10.0. The molecule has 3 nitrogen and oxygen atoms in total. The molecule has 1 unspecified atom stereocenters. The van der Waals surface area contributed by atoms with Crippen LogP contribution in [0, 0.1) is 11.3 Å². The third-order valence-electron chi connectivity index (χ3n) is 2.41. The molecule has 3 heteroatoms. The van der Waals surface area contributed by atoms with Gasteiger partial charge in [-0.3, -0.25) is 0 Å². The van der Waals surface area contributed by atoms with Crippen LogP contribution in [0.4, 0.5) is 0 Å². The number of nitriles is 1. The molecule has 80 valence electrons. The minimum atomic E-state index is 0.0890. The highest BCUT2D eigenvalue weighted by atomic mass is 16.5. The van der Waals surface area contributed by atoms with Crippen LogP contribution >= 0.6 is 0 Å². The number of methoxy groups -OCH3 is 1. The van der Waals surface area contributed by atoms with Gasteiger partial charge in [-0.05, 0) is 20.2 Å². The molecule has 0 bridgehead atoms. The van der Waals surface area contributed by atoms with Gasteiger partial charge in [-0.1, -0.05) is 18.2 Å². The average Bonchev–Trinajstić information content (AvgIpc) is 2.25. The summed E-state index contributed by atoms with van der Waals surface area (Å²) in [6.45, 7) is 0. The summed E-state index contributed by atoms with van der Waals surface area (Å²) in [6, 6.07) is 10.1. The number of hydrogen-bond donors (Lipinski definition) is 0. The first-order valence-electron chi connectivity index (χ1n) is 4.87. The summed E-state index contributed by atoms with van der Waals surface area (Å²) in [7, 11) is 5.58. The predicted molar refractivity (Wildman–Crippen MR) is 59.7 cm³/mol. The van der Waals surface area contributed by atoms with Crippen molar-refractivity contribution in [2.75, 3.05) is 21.2 Å². The molecule has 0 saturated heterocycles. The van der Waals surface area contributed by atoms with Gasteiger partial charge in [0.05, 0.1) is 25.6 Å². The normalized spacial score (nSPS) is 12.2. The van der Waals surface area contributed by atoms with Gasteiger partial charge in [-0.15, -0.1) is 0 Å². The molecule has 0 heterocycles. The molecule has 0 aromatic heterocycles. The van der Waals surface area contributed by atoms with Crippen molar-refractivity contribution in [1.29, 1.82) is 5.26 Å². The second kappa shape index (κ2) is 5.38. The van der Waals surface area contributed by atoms with E-state index in [1.807, 2.05) is 43.3 Å². The number of hydrogen-bond acceptors (Lipinski definition) is 3. The maximum absolute atomic E-state index is 8.79. The first-order valence-corrected chi connectivity index (χ1v) is 4.87. The minimum Gasteiger partial charge on any atom is -0.496 e. The molecule has 0 radical (unpaired) electrons. The lowest BCUT2D eigenvalue weighted by Gasteiger charge is -2.23. The first kappa shape index (κ1) is 11.5. The molecule has 0 aliphatic carbocycles. The molecule has 0 amide bonds. The smallest absolute Gasteiger partial charge is 0.123 e. The topological polar surface area (TPSA) is 36.3 Å². The van der Waals surface area contributed by atoms with Crippen molar-refractivity contribution in [3.8, 4) is 11.8 Å². The van der Waals surface area contributed by atoms with Crippen molar-refractivity contribution in [3.63, 3.8) is 0 Å². The summed E-state index contributed by atoms with van der Waals surface area (Å²) in [5.74, 6) is 0.839. The van der Waals surface area contributed by atoms with Crippen LogP contribution in [0.2, 0.25) is 0 Å². The zero-order valence-corrected chi connectivity index (χ0v) is 9.40. The van der Waals surface area contributed by atoms with E-state index in [0.29, 0.717) is 6.42 Å². The van der Waals surface area contributed by atoms with Crippen molar-refractivity contribution in [1.82, 2.24) is 4.90 Å². The summed E-state index contributed by atoms with van der Waals surface area (Å²) in [4.78, 5) is 2.03. The lowest BCUT2D eigenvalue weighted by molar-refractivity contribution is 0.292. The Labute approximate surface area is 90.9 Å². The molecule has 0 fully saturated rings. The molecule has 1 aromatic carbocycles. The largest absolute Gasteiger partial charge is 0.496 e. The molecule has 0 N–H and O–H groups in total. The van der Waals surface area contributed by atoms with Gasteiger partial charge < -0.3 is 9.64 Å². The van der Waals surface area contributed by atoms with E-state index in [0.717, 1.165) is 11.3 Å². The highest BCUT2D eigenvalue weighted by Crippen LogP contribution is 2.29. The van der Waals surface area contributed by atoms with E-state index in [1.165, 1.54) is 0 Å². The molecule has 0 aliphatic heterocycles. The third kappa shape index (κ3) is 2.71. The van der Waals surface area contributed by atoms with Crippen molar-refractivity contribution >= 4 is 0 Å². The summed E-state index contributed by atoms with van der Waals surface area (Å²) < 4.78 is 5.29. The number of benzene rings is 1. The second-order valence-electron chi connectivity index (χ2n) is 3.58. The Bertz CT molecular complexity index is 355. The number of para-hydroxylation sites is 1. The molecule has 1 aromatic rings. The lowest BCUT2D eigenvalue weighted by Crippen LogP contribution is -2.20. The number of rotatable bonds is 4. The van der Waals surface area contributed by atoms with Gasteiger partial charge in [-0.25, -0.2) is 0 Å². The van der Waals surface area contributed by atoms with E-state index >= 15 is 0 Å². The third-order valence-corrected chi connectivity index (χ3v) is 2.41. The van der Waals surface area contributed by atoms with E-state index in [1.54, 1.807) is 7.11 Å². The van der Waals surface area contributed by atoms with Gasteiger partial charge >= 0.3 is 0 Å². The van der Waals surface area contributed by atoms with Crippen LogP contribution in [0.5, 0.6) is 5.75 Å². The van der Waals surface area contributed by atoms with Gasteiger partial charge in [0.2, 0.25) is 0 Å². The highest BCUT2D eigenvalue weighted by molar-refractivity contribution is 5.36. The summed E-state index contributed by atoms with van der Waals surface area (Å²) in [5, 5.41) is 8.79. The zero-order valence-electron chi connectivity index (χ0n) is 9.40. The molecule has 1 atom stereocenters. The summed E-state index contributed by atoms with van der Waals surface area (Å²) >= 11 is 0. The Morgan fingerprint density at radius 1 is 1.40 bits per heavy atom. The van der Waals surface area contributed by atoms with Crippen LogP contribution in [0.3, 0.4) is 0 Å². The number of ether oxygens (including phenoxy) is 1. The maximum atomic E-state index is 8.79. The van der Waals surface area contributed by atoms with Crippen LogP contribution in [-0.2, 0) is 0 Å². The fourth-order valence-electron chi connectivity index (χ4n) is 1.60. The van der Waals surface area contributed by atoms with Gasteiger partial charge in [0, 0.05) is 5.56 Å². The van der Waals surface area contributed by atoms with Gasteiger partial charge in [0.15, 0.2) is 0 Å². The van der Waals surface area contributed by atoms with E-state index in [4.69, 9.17) is 10.00 Å². The Balaban J connectivity index is 3.05. The second-order valence-corrected chi connectivity index (χ2v) is 3.58. The van der Waals surface area contributed by atoms with Crippen LogP contribution in [0.1, 0.15) is 18.0 Å². The minimum absolute atomic E-state index is 0.0890. The van der Waals surface area contributed by atoms with E-state index in [9.17, 15) is 0 Å². The Kier molecular flexibility index (Phi) is 4.14. The SMILES string of the molecule is COc1ccccc1C(CC#N)N(C)C. The first-order chi connectivity index (χ1) is 7.20. The fraction of sp³-hybridized carbons (Fsp3) is 0.417. The van der Waals surface area contributed by atoms with Crippen LogP contribution in [0.25, 0.3) is 0 Å². The van der Waals surface area contributed by atoms with E-state index < -0.39 is 0 Å². The molecule has 0 aliphatic rings. The van der Waals surface area contributed by atoms with Crippen molar-refractivity contribution in [2.45, 2.75) is 12.5 Å². The monoisotopic (exact) mass is 204 g/mol. The predicted octanol–water partition coefficient (Wildman–Crippen LogP) is 2.21. The molecule has 15 heavy (non-hydrogen) atoms. The Morgan fingerprint density at radius 2 is 2.07 bits per heavy atom. The van der Waals surface area contributed by atoms with Crippen LogP contribution < -0.4 is 4.74 Å². The number of nitrogens with zero attached hydrogens (tertiary/aromatic N) is 2. The van der Waals surface area contributed by atoms with Crippen molar-refractivity contribution < 1.29 is 4.74 Å². The standard InChI is InChI=1S/C12H16N2O/c1-14(2)11(8-9-13)10-6-4-5-7-12(10)15-3/h4-7,11H,8H2,1-3H3. The van der Waals surface area contributed by atoms with Gasteiger partial charge in [-0.2, -0.15) is 5.26 Å². The summed E-state index contributed by atoms with van der Waals surface area (Å²) in [6.07, 6.45) is 0.466. The van der Waals surface area contributed by atoms with E-state index in [2.05, 4.69) is 6.07 Å². The molecular weight excluding hydrogens is 188 g/mol. The quantitative estimate of drug-likeness (QED) is 0.754. The molecule has 0 spiro atoms. The van der Waals surface area contributed by atoms with Crippen LogP contribution in [0.15, 0.2) is 24.3 Å². The molecule has 1 rings (SSSR count). The van der Waals surface area contributed by atoms with Gasteiger partial charge in [0.25, 0.3) is 0 Å². The van der Waals surface area contributed by atoms with E-state index in [-0.39, 0.29) is 6.04 Å². The maximum Gasteiger partial charge on any atom is 0.123 e. The zero-order chi connectivity index (χ0) is 11.3. The molecular formula is C12H16N2O. The fourth-order valence-corrected chi connectivity index (χ4v) is 1.60. The Morgan fingerprint density at radius 3 is 2.60 bits per heavy atom. The van der Waals surface area contributed by atoms with Crippen molar-refractivity contribution in [2.24, 2.45) is 0 Å². The van der Waals surface area contributed by atoms with Gasteiger partial charge in [0.1, 0.15) is 5.75 Å². The molecule has 0 saturated carbocycles. The summed E-state index contributed by atoms with van der Waals surface area (Å²) in [5.41, 5.74) is 1.06. The average molecular weight is 204 g/mol. The van der Waals surface area contributed by atoms with Crippen LogP contribution in [-0.4, -0.2) is 26.1 Å².